The Kier molecular flexibility index (Phi) is 7.39. The first kappa shape index (κ1) is 20.3. The van der Waals surface area contributed by atoms with Gasteiger partial charge in [-0.25, -0.2) is 9.78 Å². The molecule has 1 aromatic carbocycles. The molecule has 148 valence electrons. The summed E-state index contributed by atoms with van der Waals surface area (Å²) in [5.41, 5.74) is 1.77. The lowest BCUT2D eigenvalue weighted by atomic mass is 10.0. The molecule has 0 spiro atoms. The van der Waals surface area contributed by atoms with Crippen LogP contribution in [0.5, 0.6) is 0 Å². The fourth-order valence-corrected chi connectivity index (χ4v) is 3.43. The van der Waals surface area contributed by atoms with Gasteiger partial charge in [0.25, 0.3) is 0 Å². The van der Waals surface area contributed by atoms with Crippen molar-refractivity contribution in [2.24, 2.45) is 0 Å². The average Bonchev–Trinajstić information content (AvgIpc) is 2.70. The van der Waals surface area contributed by atoms with E-state index in [2.05, 4.69) is 26.3 Å². The van der Waals surface area contributed by atoms with Gasteiger partial charge < -0.3 is 10.1 Å². The van der Waals surface area contributed by atoms with Gasteiger partial charge in [0, 0.05) is 30.2 Å². The monoisotopic (exact) mass is 400 g/mol. The molecule has 0 aliphatic carbocycles. The van der Waals surface area contributed by atoms with E-state index < -0.39 is 0 Å². The van der Waals surface area contributed by atoms with Crippen molar-refractivity contribution in [3.8, 4) is 0 Å². The maximum atomic E-state index is 11.3. The van der Waals surface area contributed by atoms with E-state index in [0.717, 1.165) is 48.9 Å². The zero-order chi connectivity index (χ0) is 19.8. The molecule has 2 heterocycles. The Morgan fingerprint density at radius 1 is 1.36 bits per heavy atom. The van der Waals surface area contributed by atoms with Gasteiger partial charge in [0.05, 0.1) is 24.7 Å². The normalized spacial score (nSPS) is 17.6. The fourth-order valence-electron chi connectivity index (χ4n) is 3.24. The summed E-state index contributed by atoms with van der Waals surface area (Å²) in [6.45, 7) is 4.96. The number of ether oxygens (including phenoxy) is 1. The number of nitrogens with one attached hydrogen (secondary N) is 1. The molecule has 1 atom stereocenters. The van der Waals surface area contributed by atoms with Crippen LogP contribution in [0.4, 0.5) is 5.82 Å². The number of hydrogen-bond donors (Lipinski definition) is 1. The second-order valence-electron chi connectivity index (χ2n) is 6.72. The third kappa shape index (κ3) is 6.04. The van der Waals surface area contributed by atoms with Crippen LogP contribution < -0.4 is 5.32 Å². The van der Waals surface area contributed by atoms with Crippen molar-refractivity contribution in [2.75, 3.05) is 25.0 Å². The second kappa shape index (κ2) is 10.2. The minimum Gasteiger partial charge on any atom is -0.463 e. The molecule has 1 saturated heterocycles. The number of anilines is 1. The van der Waals surface area contributed by atoms with E-state index in [1.54, 1.807) is 25.4 Å². The molecule has 1 aromatic heterocycles. The smallest absolute Gasteiger partial charge is 0.330 e. The van der Waals surface area contributed by atoms with E-state index in [1.165, 1.54) is 6.08 Å². The van der Waals surface area contributed by atoms with Gasteiger partial charge in [-0.05, 0) is 44.0 Å². The van der Waals surface area contributed by atoms with Crippen LogP contribution in [-0.2, 0) is 16.1 Å². The van der Waals surface area contributed by atoms with Crippen molar-refractivity contribution >= 4 is 29.5 Å². The Hall–Kier alpha value is -2.44. The Morgan fingerprint density at radius 3 is 2.96 bits per heavy atom. The maximum absolute atomic E-state index is 11.3. The highest BCUT2D eigenvalue weighted by molar-refractivity contribution is 6.31. The van der Waals surface area contributed by atoms with Crippen molar-refractivity contribution in [3.63, 3.8) is 0 Å². The quantitative estimate of drug-likeness (QED) is 0.563. The molecule has 28 heavy (non-hydrogen) atoms. The molecule has 1 N–H and O–H groups in total. The van der Waals surface area contributed by atoms with Gasteiger partial charge in [-0.3, -0.25) is 9.88 Å². The van der Waals surface area contributed by atoms with E-state index in [9.17, 15) is 4.79 Å². The number of likely N-dealkylation sites (tertiary alicyclic amines) is 1. The molecule has 7 heteroatoms. The molecule has 0 radical (unpaired) electrons. The number of halogens is 1. The number of nitrogens with zero attached hydrogens (tertiary/aromatic N) is 3. The van der Waals surface area contributed by atoms with Crippen molar-refractivity contribution in [1.29, 1.82) is 0 Å². The largest absolute Gasteiger partial charge is 0.463 e. The molecule has 1 aliphatic heterocycles. The highest BCUT2D eigenvalue weighted by Gasteiger charge is 2.20. The van der Waals surface area contributed by atoms with Gasteiger partial charge in [0.15, 0.2) is 0 Å². The third-order valence-electron chi connectivity index (χ3n) is 4.56. The number of carbonyl (C=O) groups excluding carboxylic acids is 1. The van der Waals surface area contributed by atoms with Crippen LogP contribution in [0.1, 0.15) is 31.0 Å². The first-order valence-electron chi connectivity index (χ1n) is 9.53. The molecule has 0 bridgehead atoms. The molecule has 1 fully saturated rings. The predicted octanol–water partition coefficient (Wildman–Crippen LogP) is 3.78. The van der Waals surface area contributed by atoms with Crippen molar-refractivity contribution in [3.05, 3.63) is 59.0 Å². The highest BCUT2D eigenvalue weighted by atomic mass is 35.5. The average molecular weight is 401 g/mol. The lowest BCUT2D eigenvalue weighted by Gasteiger charge is -2.33. The number of benzene rings is 1. The number of piperidine rings is 1. The molecule has 0 amide bonds. The van der Waals surface area contributed by atoms with Crippen LogP contribution in [0.25, 0.3) is 6.08 Å². The molecular weight excluding hydrogens is 376 g/mol. The van der Waals surface area contributed by atoms with Gasteiger partial charge in [0.2, 0.25) is 0 Å². The van der Waals surface area contributed by atoms with Crippen molar-refractivity contribution in [2.45, 2.75) is 32.4 Å². The molecular formula is C21H25ClN4O2. The topological polar surface area (TPSA) is 67.3 Å². The van der Waals surface area contributed by atoms with Gasteiger partial charge in [-0.1, -0.05) is 29.8 Å². The van der Waals surface area contributed by atoms with Crippen LogP contribution in [-0.4, -0.2) is 46.6 Å². The van der Waals surface area contributed by atoms with Crippen LogP contribution in [0.2, 0.25) is 5.02 Å². The summed E-state index contributed by atoms with van der Waals surface area (Å²) in [5.74, 6) is 0.352. The van der Waals surface area contributed by atoms with Crippen molar-refractivity contribution in [1.82, 2.24) is 14.9 Å². The Bertz CT molecular complexity index is 810. The molecule has 3 rings (SSSR count). The lowest BCUT2D eigenvalue weighted by molar-refractivity contribution is -0.137. The summed E-state index contributed by atoms with van der Waals surface area (Å²) < 4.78 is 4.85. The highest BCUT2D eigenvalue weighted by Crippen LogP contribution is 2.21. The molecule has 1 aliphatic rings. The number of esters is 1. The zero-order valence-electron chi connectivity index (χ0n) is 16.0. The van der Waals surface area contributed by atoms with Crippen molar-refractivity contribution < 1.29 is 9.53 Å². The molecule has 2 aromatic rings. The zero-order valence-corrected chi connectivity index (χ0v) is 16.7. The van der Waals surface area contributed by atoms with E-state index in [0.29, 0.717) is 18.3 Å². The summed E-state index contributed by atoms with van der Waals surface area (Å²) in [5, 5.41) is 4.27. The maximum Gasteiger partial charge on any atom is 0.330 e. The predicted molar refractivity (Wildman–Crippen MR) is 111 cm³/mol. The SMILES string of the molecule is CCOC(=O)C=Cc1cnc(N[C@@H]2CCCN(Cc3ccccc3Cl)C2)cn1. The number of aromatic nitrogens is 2. The van der Waals surface area contributed by atoms with Crippen LogP contribution in [0.3, 0.4) is 0 Å². The van der Waals surface area contributed by atoms with Crippen LogP contribution in [0, 0.1) is 0 Å². The van der Waals surface area contributed by atoms with E-state index in [4.69, 9.17) is 16.3 Å². The summed E-state index contributed by atoms with van der Waals surface area (Å²) in [6, 6.07) is 8.30. The van der Waals surface area contributed by atoms with Gasteiger partial charge in [-0.2, -0.15) is 0 Å². The van der Waals surface area contributed by atoms with Gasteiger partial charge >= 0.3 is 5.97 Å². The third-order valence-corrected chi connectivity index (χ3v) is 4.93. The lowest BCUT2D eigenvalue weighted by Crippen LogP contribution is -2.41. The molecule has 0 saturated carbocycles. The van der Waals surface area contributed by atoms with E-state index >= 15 is 0 Å². The standard InChI is InChI=1S/C21H25ClN4O2/c1-2-28-21(27)10-9-17-12-24-20(13-23-17)25-18-7-5-11-26(15-18)14-16-6-3-4-8-19(16)22/h3-4,6,8-10,12-13,18H,2,5,7,11,14-15H2,1H3,(H,24,25)/t18-/m1/s1. The number of hydrogen-bond acceptors (Lipinski definition) is 6. The van der Waals surface area contributed by atoms with Gasteiger partial charge in [0.1, 0.15) is 5.82 Å². The summed E-state index contributed by atoms with van der Waals surface area (Å²) in [7, 11) is 0. The van der Waals surface area contributed by atoms with Gasteiger partial charge in [-0.15, -0.1) is 0 Å². The van der Waals surface area contributed by atoms with E-state index in [1.807, 2.05) is 18.2 Å². The summed E-state index contributed by atoms with van der Waals surface area (Å²) in [4.78, 5) is 22.5. The fraction of sp³-hybridized carbons (Fsp3) is 0.381. The Balaban J connectivity index is 1.53. The minimum atomic E-state index is -0.382. The Labute approximate surface area is 170 Å². The minimum absolute atomic E-state index is 0.312. The van der Waals surface area contributed by atoms with E-state index in [-0.39, 0.29) is 5.97 Å². The molecule has 6 nitrogen and oxygen atoms in total. The van der Waals surface area contributed by atoms with Crippen LogP contribution in [0.15, 0.2) is 42.7 Å². The molecule has 0 unspecified atom stereocenters. The Morgan fingerprint density at radius 2 is 2.21 bits per heavy atom. The first-order chi connectivity index (χ1) is 13.6. The second-order valence-corrected chi connectivity index (χ2v) is 7.13. The summed E-state index contributed by atoms with van der Waals surface area (Å²) >= 11 is 6.29. The number of carbonyl (C=O) groups is 1. The van der Waals surface area contributed by atoms with Crippen LogP contribution >= 0.6 is 11.6 Å². The summed E-state index contributed by atoms with van der Waals surface area (Å²) in [6.07, 6.45) is 8.50. The first-order valence-corrected chi connectivity index (χ1v) is 9.91. The number of rotatable bonds is 7.